The number of allylic oxidation sites excluding steroid dienone is 1. The fourth-order valence-corrected chi connectivity index (χ4v) is 2.62. The highest BCUT2D eigenvalue weighted by Crippen LogP contribution is 2.34. The Balaban J connectivity index is 2.01. The maximum atomic E-state index is 10.5. The number of para-hydroxylation sites is 1. The smallest absolute Gasteiger partial charge is 0.144 e. The van der Waals surface area contributed by atoms with Gasteiger partial charge in [-0.05, 0) is 23.3 Å². The number of hydrazine groups is 1. The number of rotatable bonds is 3. The molecule has 0 fully saturated rings. The van der Waals surface area contributed by atoms with Crippen molar-refractivity contribution in [3.05, 3.63) is 78.0 Å². The minimum Gasteiger partial charge on any atom is -0.299 e. The van der Waals surface area contributed by atoms with E-state index in [4.69, 9.17) is 0 Å². The lowest BCUT2D eigenvalue weighted by Crippen LogP contribution is -2.41. The van der Waals surface area contributed by atoms with Crippen LogP contribution in [0.4, 0.5) is 5.69 Å². The van der Waals surface area contributed by atoms with Crippen molar-refractivity contribution < 1.29 is 4.79 Å². The monoisotopic (exact) mass is 264 g/mol. The number of nitrogens with zero attached hydrogens (tertiary/aromatic N) is 1. The van der Waals surface area contributed by atoms with Gasteiger partial charge < -0.3 is 0 Å². The molecule has 3 nitrogen and oxygen atoms in total. The number of hydrogen-bond donors (Lipinski definition) is 1. The van der Waals surface area contributed by atoms with Crippen molar-refractivity contribution in [3.8, 4) is 0 Å². The van der Waals surface area contributed by atoms with Crippen LogP contribution in [-0.2, 0) is 4.79 Å². The summed E-state index contributed by atoms with van der Waals surface area (Å²) >= 11 is 0. The Morgan fingerprint density at radius 3 is 2.60 bits per heavy atom. The molecule has 2 aromatic rings. The lowest BCUT2D eigenvalue weighted by atomic mass is 9.89. The second kappa shape index (κ2) is 5.72. The Bertz CT molecular complexity index is 622. The second-order valence-electron chi connectivity index (χ2n) is 4.73. The zero-order valence-corrected chi connectivity index (χ0v) is 11.1. The molecule has 0 aromatic heterocycles. The number of carbonyl (C=O) groups excluding carboxylic acids is 1. The second-order valence-corrected chi connectivity index (χ2v) is 4.73. The van der Waals surface area contributed by atoms with Crippen molar-refractivity contribution in [1.82, 2.24) is 5.43 Å². The molecule has 1 N–H and O–H groups in total. The summed E-state index contributed by atoms with van der Waals surface area (Å²) < 4.78 is 0. The van der Waals surface area contributed by atoms with Crippen LogP contribution >= 0.6 is 0 Å². The number of nitrogens with one attached hydrogen (secondary N) is 1. The van der Waals surface area contributed by atoms with E-state index >= 15 is 0 Å². The molecule has 1 heterocycles. The molecule has 1 aliphatic heterocycles. The normalized spacial score (nSPS) is 18.0. The Hall–Kier alpha value is -2.39. The van der Waals surface area contributed by atoms with Crippen LogP contribution < -0.4 is 10.4 Å². The molecule has 2 aromatic carbocycles. The van der Waals surface area contributed by atoms with E-state index in [1.165, 1.54) is 17.2 Å². The van der Waals surface area contributed by atoms with Gasteiger partial charge in [-0.2, -0.15) is 0 Å². The first-order chi connectivity index (χ1) is 9.90. The van der Waals surface area contributed by atoms with Crippen LogP contribution in [0.2, 0.25) is 0 Å². The highest BCUT2D eigenvalue weighted by atomic mass is 16.1. The highest BCUT2D eigenvalue weighted by molar-refractivity contribution is 5.67. The number of hydrogen-bond acceptors (Lipinski definition) is 3. The molecule has 0 unspecified atom stereocenters. The Kier molecular flexibility index (Phi) is 3.61. The third-order valence-electron chi connectivity index (χ3n) is 3.55. The third kappa shape index (κ3) is 2.36. The standard InChI is InChI=1S/C17H16N2O/c20-12-6-11-19-17-10-5-4-9-15(17)16(13-18-19)14-7-2-1-3-8-14/h1-12,16,18H,13H2/t16-/m1/s1. The average molecular weight is 264 g/mol. The van der Waals surface area contributed by atoms with E-state index in [1.54, 1.807) is 6.20 Å². The van der Waals surface area contributed by atoms with E-state index in [9.17, 15) is 4.79 Å². The molecule has 0 aliphatic carbocycles. The van der Waals surface area contributed by atoms with Crippen molar-refractivity contribution in [2.24, 2.45) is 0 Å². The van der Waals surface area contributed by atoms with Gasteiger partial charge in [-0.15, -0.1) is 0 Å². The number of anilines is 1. The van der Waals surface area contributed by atoms with E-state index in [0.717, 1.165) is 18.5 Å². The van der Waals surface area contributed by atoms with Gasteiger partial charge in [0.2, 0.25) is 0 Å². The first-order valence-electron chi connectivity index (χ1n) is 6.68. The highest BCUT2D eigenvalue weighted by Gasteiger charge is 2.24. The topological polar surface area (TPSA) is 32.3 Å². The van der Waals surface area contributed by atoms with Crippen LogP contribution in [0.15, 0.2) is 66.9 Å². The van der Waals surface area contributed by atoms with E-state index in [2.05, 4.69) is 47.9 Å². The Morgan fingerprint density at radius 1 is 1.05 bits per heavy atom. The van der Waals surface area contributed by atoms with Crippen LogP contribution in [0.5, 0.6) is 0 Å². The van der Waals surface area contributed by atoms with Gasteiger partial charge in [0.15, 0.2) is 0 Å². The molecule has 1 aliphatic rings. The quantitative estimate of drug-likeness (QED) is 0.683. The molecular weight excluding hydrogens is 248 g/mol. The van der Waals surface area contributed by atoms with Crippen molar-refractivity contribution in [3.63, 3.8) is 0 Å². The molecule has 0 saturated heterocycles. The van der Waals surface area contributed by atoms with E-state index < -0.39 is 0 Å². The fraction of sp³-hybridized carbons (Fsp3) is 0.118. The first kappa shape index (κ1) is 12.6. The molecule has 3 heteroatoms. The van der Waals surface area contributed by atoms with E-state index in [1.807, 2.05) is 17.1 Å². The number of fused-ring (bicyclic) bond motifs is 1. The number of carbonyl (C=O) groups is 1. The summed E-state index contributed by atoms with van der Waals surface area (Å²) in [4.78, 5) is 10.5. The summed E-state index contributed by atoms with van der Waals surface area (Å²) in [5.41, 5.74) is 7.00. The Morgan fingerprint density at radius 2 is 1.80 bits per heavy atom. The summed E-state index contributed by atoms with van der Waals surface area (Å²) in [6, 6.07) is 18.7. The van der Waals surface area contributed by atoms with E-state index in [0.29, 0.717) is 5.92 Å². The van der Waals surface area contributed by atoms with Gasteiger partial charge in [0.25, 0.3) is 0 Å². The molecule has 0 amide bonds. The molecule has 0 bridgehead atoms. The van der Waals surface area contributed by atoms with Gasteiger partial charge in [0, 0.05) is 18.7 Å². The summed E-state index contributed by atoms with van der Waals surface area (Å²) in [5.74, 6) is 0.327. The molecule has 0 saturated carbocycles. The SMILES string of the molecule is O=CC=CN1NC[C@H](c2ccccc2)c2ccccc21. The van der Waals surface area contributed by atoms with Gasteiger partial charge in [-0.1, -0.05) is 48.5 Å². The lowest BCUT2D eigenvalue weighted by Gasteiger charge is -2.34. The molecule has 100 valence electrons. The largest absolute Gasteiger partial charge is 0.299 e. The van der Waals surface area contributed by atoms with Gasteiger partial charge in [0.1, 0.15) is 6.29 Å². The predicted octanol–water partition coefficient (Wildman–Crippen LogP) is 2.86. The van der Waals surface area contributed by atoms with Crippen molar-refractivity contribution in [2.45, 2.75) is 5.92 Å². The van der Waals surface area contributed by atoms with Crippen LogP contribution in [-0.4, -0.2) is 12.8 Å². The summed E-state index contributed by atoms with van der Waals surface area (Å²) in [6.45, 7) is 0.810. The van der Waals surface area contributed by atoms with Crippen molar-refractivity contribution in [2.75, 3.05) is 11.6 Å². The zero-order valence-electron chi connectivity index (χ0n) is 11.1. The molecular formula is C17H16N2O. The molecule has 0 spiro atoms. The van der Waals surface area contributed by atoms with Crippen LogP contribution in [0.1, 0.15) is 17.0 Å². The zero-order chi connectivity index (χ0) is 13.8. The Labute approximate surface area is 118 Å². The van der Waals surface area contributed by atoms with Crippen LogP contribution in [0.25, 0.3) is 0 Å². The molecule has 3 rings (SSSR count). The van der Waals surface area contributed by atoms with Gasteiger partial charge in [0.05, 0.1) is 5.69 Å². The summed E-state index contributed by atoms with van der Waals surface area (Å²) in [6.07, 6.45) is 4.03. The number of aldehydes is 1. The molecule has 0 radical (unpaired) electrons. The predicted molar refractivity (Wildman–Crippen MR) is 80.4 cm³/mol. The van der Waals surface area contributed by atoms with Gasteiger partial charge in [-0.25, -0.2) is 5.43 Å². The number of benzene rings is 2. The van der Waals surface area contributed by atoms with E-state index in [-0.39, 0.29) is 0 Å². The maximum Gasteiger partial charge on any atom is 0.144 e. The lowest BCUT2D eigenvalue weighted by molar-refractivity contribution is -0.104. The first-order valence-corrected chi connectivity index (χ1v) is 6.68. The average Bonchev–Trinajstić information content (AvgIpc) is 2.53. The fourth-order valence-electron chi connectivity index (χ4n) is 2.62. The van der Waals surface area contributed by atoms with Crippen molar-refractivity contribution >= 4 is 12.0 Å². The summed E-state index contributed by atoms with van der Waals surface area (Å²) in [7, 11) is 0. The van der Waals surface area contributed by atoms with Crippen LogP contribution in [0, 0.1) is 0 Å². The maximum absolute atomic E-state index is 10.5. The van der Waals surface area contributed by atoms with Gasteiger partial charge >= 0.3 is 0 Å². The summed E-state index contributed by atoms with van der Waals surface area (Å²) in [5, 5.41) is 1.91. The minimum absolute atomic E-state index is 0.327. The van der Waals surface area contributed by atoms with Crippen molar-refractivity contribution in [1.29, 1.82) is 0 Å². The van der Waals surface area contributed by atoms with Crippen LogP contribution in [0.3, 0.4) is 0 Å². The van der Waals surface area contributed by atoms with Gasteiger partial charge in [-0.3, -0.25) is 9.80 Å². The minimum atomic E-state index is 0.327. The molecule has 20 heavy (non-hydrogen) atoms. The molecule has 1 atom stereocenters. The third-order valence-corrected chi connectivity index (χ3v) is 3.55.